The first kappa shape index (κ1) is 37.0. The lowest BCUT2D eigenvalue weighted by Crippen LogP contribution is -2.40. The van der Waals surface area contributed by atoms with Crippen molar-refractivity contribution < 1.29 is 36.6 Å². The molecule has 0 saturated carbocycles. The van der Waals surface area contributed by atoms with E-state index in [0.717, 1.165) is 10.8 Å². The summed E-state index contributed by atoms with van der Waals surface area (Å²) in [6.07, 6.45) is -3.04. The minimum absolute atomic E-state index is 0.00605. The first-order valence-corrected chi connectivity index (χ1v) is 15.8. The third kappa shape index (κ3) is 8.98. The fourth-order valence-corrected chi connectivity index (χ4v) is 6.14. The number of benzene rings is 2. The number of amides is 1. The summed E-state index contributed by atoms with van der Waals surface area (Å²) in [5.41, 5.74) is 0.323. The Morgan fingerprint density at radius 2 is 1.63 bits per heavy atom. The van der Waals surface area contributed by atoms with Crippen LogP contribution in [0.4, 0.5) is 22.0 Å². The summed E-state index contributed by atoms with van der Waals surface area (Å²) in [6.45, 7) is 8.36. The van der Waals surface area contributed by atoms with Gasteiger partial charge >= 0.3 is 12.1 Å². The molecule has 0 saturated heterocycles. The van der Waals surface area contributed by atoms with E-state index in [4.69, 9.17) is 0 Å². The number of halogens is 5. The van der Waals surface area contributed by atoms with Crippen molar-refractivity contribution in [2.45, 2.75) is 78.6 Å². The van der Waals surface area contributed by atoms with Crippen LogP contribution in [0.3, 0.4) is 0 Å². The molecule has 0 radical (unpaired) electrons. The number of nitrogens with zero attached hydrogens (tertiary/aromatic N) is 2. The largest absolute Gasteiger partial charge is 0.481 e. The van der Waals surface area contributed by atoms with Crippen LogP contribution in [0.25, 0.3) is 11.1 Å². The molecule has 0 bridgehead atoms. The van der Waals surface area contributed by atoms with Crippen LogP contribution in [0.2, 0.25) is 0 Å². The zero-order valence-electron chi connectivity index (χ0n) is 27.8. The van der Waals surface area contributed by atoms with Crippen molar-refractivity contribution >= 4 is 11.9 Å². The Morgan fingerprint density at radius 1 is 0.959 bits per heavy atom. The van der Waals surface area contributed by atoms with Gasteiger partial charge in [0, 0.05) is 29.7 Å². The van der Waals surface area contributed by atoms with E-state index in [1.54, 1.807) is 52.0 Å². The molecule has 2 N–H and O–H groups in total. The lowest BCUT2D eigenvalue weighted by Gasteiger charge is -2.27. The molecule has 0 spiro atoms. The summed E-state index contributed by atoms with van der Waals surface area (Å²) in [5, 5.41) is 12.4. The molecule has 1 amide bonds. The number of hydrogen-bond donors (Lipinski definition) is 2. The molecule has 0 fully saturated rings. The van der Waals surface area contributed by atoms with Crippen LogP contribution in [0.5, 0.6) is 0 Å². The van der Waals surface area contributed by atoms with Crippen LogP contribution < -0.4 is 10.9 Å². The van der Waals surface area contributed by atoms with Crippen LogP contribution in [-0.2, 0) is 28.6 Å². The molecule has 2 atom stereocenters. The molecular weight excluding hydrogens is 645 g/mol. The minimum atomic E-state index is -4.85. The van der Waals surface area contributed by atoms with Crippen LogP contribution in [-0.4, -0.2) is 26.5 Å². The number of nitrogens with one attached hydrogen (secondary N) is 1. The third-order valence-electron chi connectivity index (χ3n) is 8.32. The maximum atomic E-state index is 15.8. The van der Waals surface area contributed by atoms with Crippen molar-refractivity contribution in [2.75, 3.05) is 0 Å². The maximum Gasteiger partial charge on any atom is 0.416 e. The van der Waals surface area contributed by atoms with Gasteiger partial charge in [-0.25, -0.2) is 8.78 Å². The van der Waals surface area contributed by atoms with Gasteiger partial charge in [0.1, 0.15) is 17.7 Å². The molecule has 4 aromatic rings. The molecule has 12 heteroatoms. The Morgan fingerprint density at radius 3 is 2.20 bits per heavy atom. The number of carboxylic acid groups (broad SMARTS) is 1. The van der Waals surface area contributed by atoms with Crippen molar-refractivity contribution in [2.24, 2.45) is 5.92 Å². The average Bonchev–Trinajstić information content (AvgIpc) is 2.99. The minimum Gasteiger partial charge on any atom is -0.481 e. The SMILES string of the molecule is Cc1cc(-c2c(C)cc(F)cc2C)cc([C@@H](CC(=O)O)NC(=O)[C@H](CC(C)C)n2cc(CCc3ccccn3)c(C(F)(F)F)cc2=O)c1F. The van der Waals surface area contributed by atoms with Crippen LogP contribution in [0.1, 0.15) is 77.8 Å². The van der Waals surface area contributed by atoms with E-state index in [1.165, 1.54) is 31.3 Å². The van der Waals surface area contributed by atoms with E-state index in [-0.39, 0.29) is 41.9 Å². The molecule has 0 aliphatic rings. The van der Waals surface area contributed by atoms with Crippen molar-refractivity contribution in [3.8, 4) is 11.1 Å². The number of aryl methyl sites for hydroxylation is 5. The molecule has 2 heterocycles. The molecule has 260 valence electrons. The fraction of sp³-hybridized carbons (Fsp3) is 0.351. The Labute approximate surface area is 280 Å². The van der Waals surface area contributed by atoms with Gasteiger partial charge in [0.05, 0.1) is 18.0 Å². The summed E-state index contributed by atoms with van der Waals surface area (Å²) in [7, 11) is 0. The second kappa shape index (κ2) is 15.1. The van der Waals surface area contributed by atoms with Crippen LogP contribution >= 0.6 is 0 Å². The number of carbonyl (C=O) groups is 2. The summed E-state index contributed by atoms with van der Waals surface area (Å²) in [6, 6.07) is 8.31. The molecule has 7 nitrogen and oxygen atoms in total. The lowest BCUT2D eigenvalue weighted by atomic mass is 9.90. The summed E-state index contributed by atoms with van der Waals surface area (Å²) in [4.78, 5) is 43.4. The van der Waals surface area contributed by atoms with E-state index in [2.05, 4.69) is 10.3 Å². The van der Waals surface area contributed by atoms with Crippen LogP contribution in [0.15, 0.2) is 65.7 Å². The zero-order chi connectivity index (χ0) is 36.2. The number of carboxylic acids is 1. The Bertz CT molecular complexity index is 1880. The molecule has 0 aliphatic heterocycles. The Kier molecular flexibility index (Phi) is 11.4. The third-order valence-corrected chi connectivity index (χ3v) is 8.32. The normalized spacial score (nSPS) is 13.0. The molecular formula is C37H38F5N3O4. The highest BCUT2D eigenvalue weighted by Gasteiger charge is 2.36. The Balaban J connectivity index is 1.79. The predicted octanol–water partition coefficient (Wildman–Crippen LogP) is 7.84. The van der Waals surface area contributed by atoms with Gasteiger partial charge in [-0.05, 0) is 116 Å². The van der Waals surface area contributed by atoms with Gasteiger partial charge in [-0.2, -0.15) is 13.2 Å². The summed E-state index contributed by atoms with van der Waals surface area (Å²) < 4.78 is 73.0. The second-order valence-corrected chi connectivity index (χ2v) is 12.7. The predicted molar refractivity (Wildman–Crippen MR) is 175 cm³/mol. The van der Waals surface area contributed by atoms with Gasteiger partial charge in [0.25, 0.3) is 5.56 Å². The van der Waals surface area contributed by atoms with Crippen molar-refractivity contribution in [1.82, 2.24) is 14.9 Å². The lowest BCUT2D eigenvalue weighted by molar-refractivity contribution is -0.139. The van der Waals surface area contributed by atoms with E-state index in [0.29, 0.717) is 34.0 Å². The van der Waals surface area contributed by atoms with Crippen LogP contribution in [0, 0.1) is 38.3 Å². The van der Waals surface area contributed by atoms with Gasteiger partial charge in [-0.3, -0.25) is 19.4 Å². The number of rotatable bonds is 12. The van der Waals surface area contributed by atoms with Gasteiger partial charge in [0.2, 0.25) is 5.91 Å². The zero-order valence-corrected chi connectivity index (χ0v) is 27.8. The number of pyridine rings is 2. The maximum absolute atomic E-state index is 15.8. The van der Waals surface area contributed by atoms with E-state index in [9.17, 15) is 37.1 Å². The molecule has 49 heavy (non-hydrogen) atoms. The number of carbonyl (C=O) groups excluding carboxylic acids is 1. The number of alkyl halides is 3. The van der Waals surface area contributed by atoms with Gasteiger partial charge in [0.15, 0.2) is 0 Å². The van der Waals surface area contributed by atoms with E-state index >= 15 is 4.39 Å². The smallest absolute Gasteiger partial charge is 0.416 e. The van der Waals surface area contributed by atoms with E-state index in [1.807, 2.05) is 0 Å². The number of aliphatic carboxylic acids is 1. The highest BCUT2D eigenvalue weighted by Crippen LogP contribution is 2.35. The first-order chi connectivity index (χ1) is 23.0. The topological polar surface area (TPSA) is 101 Å². The van der Waals surface area contributed by atoms with Gasteiger partial charge in [-0.15, -0.1) is 0 Å². The number of aromatic nitrogens is 2. The molecule has 2 aromatic heterocycles. The van der Waals surface area contributed by atoms with Gasteiger partial charge in [-0.1, -0.05) is 19.9 Å². The Hall–Kier alpha value is -4.87. The first-order valence-electron chi connectivity index (χ1n) is 15.8. The fourth-order valence-electron chi connectivity index (χ4n) is 6.14. The average molecular weight is 684 g/mol. The van der Waals surface area contributed by atoms with Crippen molar-refractivity contribution in [1.29, 1.82) is 0 Å². The molecule has 4 rings (SSSR count). The van der Waals surface area contributed by atoms with Crippen molar-refractivity contribution in [3.63, 3.8) is 0 Å². The standard InChI is InChI=1S/C37H38F5N3O4/c1-20(2)12-31(45-19-24(9-10-27-8-6-7-11-43-27)29(17-32(45)46)37(40,41)42)36(49)44-30(18-33(47)48)28-16-25(13-23(5)35(28)39)34-21(3)14-26(38)15-22(34)4/h6-8,11,13-17,19-20,30-31H,9-10,12,18H2,1-5H3,(H,44,49)(H,47,48)/t30-,31+/m1/s1. The van der Waals surface area contributed by atoms with Gasteiger partial charge < -0.3 is 15.0 Å². The molecule has 0 unspecified atom stereocenters. The molecule has 0 aliphatic carbocycles. The quantitative estimate of drug-likeness (QED) is 0.148. The summed E-state index contributed by atoms with van der Waals surface area (Å²) in [5.74, 6) is -3.67. The highest BCUT2D eigenvalue weighted by molar-refractivity contribution is 5.82. The summed E-state index contributed by atoms with van der Waals surface area (Å²) >= 11 is 0. The van der Waals surface area contributed by atoms with E-state index < -0.39 is 59.3 Å². The second-order valence-electron chi connectivity index (χ2n) is 12.7. The number of hydrogen-bond acceptors (Lipinski definition) is 4. The highest BCUT2D eigenvalue weighted by atomic mass is 19.4. The molecule has 2 aromatic carbocycles. The van der Waals surface area contributed by atoms with Crippen molar-refractivity contribution in [3.05, 3.63) is 122 Å². The monoisotopic (exact) mass is 683 g/mol.